The second-order valence-electron chi connectivity index (χ2n) is 6.05. The molecule has 2 aromatic heterocycles. The molecule has 0 aliphatic heterocycles. The van der Waals surface area contributed by atoms with E-state index in [4.69, 9.17) is 4.42 Å². The van der Waals surface area contributed by atoms with Gasteiger partial charge in [-0.1, -0.05) is 19.8 Å². The molecule has 2 aromatic rings. The molecular weight excluding hydrogens is 298 g/mol. The number of nitrogens with one attached hydrogen (secondary N) is 1. The molecule has 1 saturated carbocycles. The second kappa shape index (κ2) is 7.05. The predicted molar refractivity (Wildman–Crippen MR) is 85.5 cm³/mol. The van der Waals surface area contributed by atoms with Crippen molar-refractivity contribution in [3.63, 3.8) is 0 Å². The Morgan fingerprint density at radius 3 is 3.14 bits per heavy atom. The number of rotatable bonds is 5. The van der Waals surface area contributed by atoms with E-state index >= 15 is 0 Å². The molecule has 1 fully saturated rings. The molecule has 1 amide bonds. The molecule has 118 valence electrons. The quantitative estimate of drug-likeness (QED) is 0.917. The molecule has 6 heteroatoms. The van der Waals surface area contributed by atoms with Crippen LogP contribution in [0.4, 0.5) is 0 Å². The van der Waals surface area contributed by atoms with E-state index in [2.05, 4.69) is 22.4 Å². The van der Waals surface area contributed by atoms with Gasteiger partial charge in [0.2, 0.25) is 17.7 Å². The lowest BCUT2D eigenvalue weighted by atomic mass is 9.87. The number of hydrogen-bond donors (Lipinski definition) is 1. The molecule has 0 radical (unpaired) electrons. The zero-order valence-electron chi connectivity index (χ0n) is 12.7. The van der Waals surface area contributed by atoms with Gasteiger partial charge >= 0.3 is 0 Å². The highest BCUT2D eigenvalue weighted by atomic mass is 32.1. The maximum Gasteiger partial charge on any atom is 0.248 e. The number of nitrogens with zero attached hydrogens (tertiary/aromatic N) is 2. The first kappa shape index (κ1) is 15.2. The van der Waals surface area contributed by atoms with Gasteiger partial charge in [-0.3, -0.25) is 4.79 Å². The van der Waals surface area contributed by atoms with E-state index < -0.39 is 0 Å². The Morgan fingerprint density at radius 2 is 2.36 bits per heavy atom. The van der Waals surface area contributed by atoms with E-state index in [-0.39, 0.29) is 5.91 Å². The van der Waals surface area contributed by atoms with Gasteiger partial charge in [-0.2, -0.15) is 11.3 Å². The molecule has 0 bridgehead atoms. The molecule has 22 heavy (non-hydrogen) atoms. The van der Waals surface area contributed by atoms with Gasteiger partial charge in [-0.25, -0.2) is 0 Å². The Kier molecular flexibility index (Phi) is 4.87. The molecule has 1 aliphatic rings. The lowest BCUT2D eigenvalue weighted by Gasteiger charge is -2.27. The van der Waals surface area contributed by atoms with E-state index in [1.165, 1.54) is 12.8 Å². The molecule has 0 spiro atoms. The smallest absolute Gasteiger partial charge is 0.248 e. The van der Waals surface area contributed by atoms with Crippen molar-refractivity contribution in [2.45, 2.75) is 51.5 Å². The average Bonchev–Trinajstić information content (AvgIpc) is 3.16. The SMILES string of the molecule is CC1CCCC(NC(=O)CCc2nnc(-c3ccsc3)o2)C1. The van der Waals surface area contributed by atoms with Crippen molar-refractivity contribution in [3.8, 4) is 11.5 Å². The van der Waals surface area contributed by atoms with E-state index in [0.29, 0.717) is 36.6 Å². The summed E-state index contributed by atoms with van der Waals surface area (Å²) in [5, 5.41) is 15.1. The average molecular weight is 319 g/mol. The van der Waals surface area contributed by atoms with Gasteiger partial charge in [0.15, 0.2) is 0 Å². The molecule has 3 rings (SSSR count). The van der Waals surface area contributed by atoms with Crippen LogP contribution in [0, 0.1) is 5.92 Å². The normalized spacial score (nSPS) is 21.7. The van der Waals surface area contributed by atoms with Crippen LogP contribution in [0.2, 0.25) is 0 Å². The summed E-state index contributed by atoms with van der Waals surface area (Å²) < 4.78 is 5.59. The number of amides is 1. The molecule has 0 aromatic carbocycles. The summed E-state index contributed by atoms with van der Waals surface area (Å²) in [7, 11) is 0. The highest BCUT2D eigenvalue weighted by Gasteiger charge is 2.20. The first-order chi connectivity index (χ1) is 10.7. The number of aromatic nitrogens is 2. The van der Waals surface area contributed by atoms with E-state index in [1.54, 1.807) is 11.3 Å². The Morgan fingerprint density at radius 1 is 1.45 bits per heavy atom. The minimum absolute atomic E-state index is 0.0781. The molecule has 1 N–H and O–H groups in total. The van der Waals surface area contributed by atoms with Crippen LogP contribution in [-0.4, -0.2) is 22.1 Å². The maximum absolute atomic E-state index is 12.0. The molecule has 5 nitrogen and oxygen atoms in total. The Hall–Kier alpha value is -1.69. The number of hydrogen-bond acceptors (Lipinski definition) is 5. The molecular formula is C16H21N3O2S. The summed E-state index contributed by atoms with van der Waals surface area (Å²) >= 11 is 1.59. The largest absolute Gasteiger partial charge is 0.421 e. The second-order valence-corrected chi connectivity index (χ2v) is 6.83. The van der Waals surface area contributed by atoms with Crippen molar-refractivity contribution in [2.75, 3.05) is 0 Å². The lowest BCUT2D eigenvalue weighted by Crippen LogP contribution is -2.38. The Bertz CT molecular complexity index is 609. The van der Waals surface area contributed by atoms with Crippen molar-refractivity contribution in [2.24, 2.45) is 5.92 Å². The van der Waals surface area contributed by atoms with Crippen molar-refractivity contribution < 1.29 is 9.21 Å². The lowest BCUT2D eigenvalue weighted by molar-refractivity contribution is -0.122. The van der Waals surface area contributed by atoms with Gasteiger partial charge in [0, 0.05) is 29.8 Å². The third-order valence-electron chi connectivity index (χ3n) is 4.10. The van der Waals surface area contributed by atoms with Crippen LogP contribution in [-0.2, 0) is 11.2 Å². The van der Waals surface area contributed by atoms with Crippen LogP contribution < -0.4 is 5.32 Å². The van der Waals surface area contributed by atoms with Crippen LogP contribution in [0.25, 0.3) is 11.5 Å². The zero-order valence-corrected chi connectivity index (χ0v) is 13.6. The highest BCUT2D eigenvalue weighted by Crippen LogP contribution is 2.24. The van der Waals surface area contributed by atoms with Crippen LogP contribution in [0.5, 0.6) is 0 Å². The van der Waals surface area contributed by atoms with Crippen LogP contribution >= 0.6 is 11.3 Å². The summed E-state index contributed by atoms with van der Waals surface area (Å²) in [6.07, 6.45) is 5.56. The van der Waals surface area contributed by atoms with Gasteiger partial charge < -0.3 is 9.73 Å². The molecule has 2 atom stereocenters. The van der Waals surface area contributed by atoms with Crippen LogP contribution in [0.1, 0.15) is 44.9 Å². The number of carbonyl (C=O) groups excluding carboxylic acids is 1. The minimum Gasteiger partial charge on any atom is -0.421 e. The van der Waals surface area contributed by atoms with Gasteiger partial charge in [0.1, 0.15) is 0 Å². The summed E-state index contributed by atoms with van der Waals surface area (Å²) in [4.78, 5) is 12.0. The van der Waals surface area contributed by atoms with E-state index in [0.717, 1.165) is 18.4 Å². The molecule has 0 saturated heterocycles. The van der Waals surface area contributed by atoms with Gasteiger partial charge in [-0.15, -0.1) is 10.2 Å². The van der Waals surface area contributed by atoms with Crippen molar-refractivity contribution in [3.05, 3.63) is 22.7 Å². The van der Waals surface area contributed by atoms with Gasteiger partial charge in [0.05, 0.1) is 0 Å². The number of thiophene rings is 1. The van der Waals surface area contributed by atoms with E-state index in [1.807, 2.05) is 16.8 Å². The fourth-order valence-corrected chi connectivity index (χ4v) is 3.57. The first-order valence-electron chi connectivity index (χ1n) is 7.85. The molecule has 2 unspecified atom stereocenters. The minimum atomic E-state index is 0.0781. The summed E-state index contributed by atoms with van der Waals surface area (Å²) in [6.45, 7) is 2.25. The maximum atomic E-state index is 12.0. The standard InChI is InChI=1S/C16H21N3O2S/c1-11-3-2-4-13(9-11)17-14(20)5-6-15-18-19-16(21-15)12-7-8-22-10-12/h7-8,10-11,13H,2-6,9H2,1H3,(H,17,20). The van der Waals surface area contributed by atoms with Crippen LogP contribution in [0.15, 0.2) is 21.2 Å². The molecule has 1 aliphatic carbocycles. The highest BCUT2D eigenvalue weighted by molar-refractivity contribution is 7.08. The van der Waals surface area contributed by atoms with Crippen molar-refractivity contribution in [1.82, 2.24) is 15.5 Å². The summed E-state index contributed by atoms with van der Waals surface area (Å²) in [5.41, 5.74) is 0.935. The third kappa shape index (κ3) is 3.94. The van der Waals surface area contributed by atoms with Gasteiger partial charge in [0.25, 0.3) is 0 Å². The number of aryl methyl sites for hydroxylation is 1. The van der Waals surface area contributed by atoms with Crippen molar-refractivity contribution >= 4 is 17.2 Å². The van der Waals surface area contributed by atoms with Crippen molar-refractivity contribution in [1.29, 1.82) is 0 Å². The monoisotopic (exact) mass is 319 g/mol. The number of carbonyl (C=O) groups is 1. The topological polar surface area (TPSA) is 68.0 Å². The molecule has 2 heterocycles. The fourth-order valence-electron chi connectivity index (χ4n) is 2.94. The zero-order chi connectivity index (χ0) is 15.4. The third-order valence-corrected chi connectivity index (χ3v) is 4.79. The fraction of sp³-hybridized carbons (Fsp3) is 0.562. The summed E-state index contributed by atoms with van der Waals surface area (Å²) in [5.74, 6) is 1.84. The van der Waals surface area contributed by atoms with Crippen LogP contribution in [0.3, 0.4) is 0 Å². The van der Waals surface area contributed by atoms with Gasteiger partial charge in [-0.05, 0) is 30.2 Å². The summed E-state index contributed by atoms with van der Waals surface area (Å²) in [6, 6.07) is 2.28. The predicted octanol–water partition coefficient (Wildman–Crippen LogP) is 3.43. The Balaban J connectivity index is 1.47. The Labute approximate surface area is 134 Å². The first-order valence-corrected chi connectivity index (χ1v) is 8.79. The van der Waals surface area contributed by atoms with E-state index in [9.17, 15) is 4.79 Å².